The van der Waals surface area contributed by atoms with Crippen molar-refractivity contribution in [3.8, 4) is 5.75 Å². The molecule has 0 aliphatic heterocycles. The summed E-state index contributed by atoms with van der Waals surface area (Å²) >= 11 is 0. The minimum Gasteiger partial charge on any atom is -0.481 e. The van der Waals surface area contributed by atoms with Gasteiger partial charge in [-0.2, -0.15) is 0 Å². The van der Waals surface area contributed by atoms with E-state index in [1.807, 2.05) is 0 Å². The quantitative estimate of drug-likeness (QED) is 0.763. The van der Waals surface area contributed by atoms with Gasteiger partial charge < -0.3 is 14.6 Å². The molecule has 1 atom stereocenters. The summed E-state index contributed by atoms with van der Waals surface area (Å²) in [5.41, 5.74) is 0.324. The van der Waals surface area contributed by atoms with Crippen molar-refractivity contribution in [3.63, 3.8) is 0 Å². The van der Waals surface area contributed by atoms with Gasteiger partial charge in [-0.25, -0.2) is 9.37 Å². The first-order valence-corrected chi connectivity index (χ1v) is 8.09. The lowest BCUT2D eigenvalue weighted by Gasteiger charge is -2.21. The van der Waals surface area contributed by atoms with Crippen LogP contribution in [0, 0.1) is 5.82 Å². The number of H-pyrrole nitrogens is 1. The number of carbonyl (C=O) groups is 1. The lowest BCUT2D eigenvalue weighted by Crippen LogP contribution is -2.38. The Labute approximate surface area is 149 Å². The van der Waals surface area contributed by atoms with E-state index in [0.717, 1.165) is 0 Å². The number of likely N-dealkylation sites (N-methyl/N-ethyl adjacent to an activating group) is 1. The second-order valence-electron chi connectivity index (χ2n) is 5.94. The van der Waals surface area contributed by atoms with Crippen molar-refractivity contribution in [2.24, 2.45) is 0 Å². The molecule has 0 aliphatic carbocycles. The summed E-state index contributed by atoms with van der Waals surface area (Å²) in [4.78, 5) is 33.1. The number of benzene rings is 2. The Balaban J connectivity index is 1.70. The third-order valence-corrected chi connectivity index (χ3v) is 3.90. The first kappa shape index (κ1) is 17.6. The molecule has 0 fully saturated rings. The standard InChI is InChI=1S/C19H18FN3O3/c1-12(26-14-9-7-13(20)8-10-14)19(25)23(2)11-17-21-16-6-4-3-5-15(16)18(24)22-17/h3-10,12H,11H2,1-2H3,(H,21,22,24). The maximum absolute atomic E-state index is 12.9. The molecule has 1 aromatic heterocycles. The maximum Gasteiger partial charge on any atom is 0.263 e. The van der Waals surface area contributed by atoms with E-state index >= 15 is 0 Å². The molecule has 1 unspecified atom stereocenters. The first-order chi connectivity index (χ1) is 12.4. The van der Waals surface area contributed by atoms with Crippen LogP contribution >= 0.6 is 0 Å². The molecule has 0 aliphatic rings. The van der Waals surface area contributed by atoms with Crippen LogP contribution in [0.2, 0.25) is 0 Å². The first-order valence-electron chi connectivity index (χ1n) is 8.09. The van der Waals surface area contributed by atoms with Crippen LogP contribution in [-0.2, 0) is 11.3 Å². The highest BCUT2D eigenvalue weighted by Gasteiger charge is 2.20. The Bertz CT molecular complexity index is 985. The van der Waals surface area contributed by atoms with Gasteiger partial charge >= 0.3 is 0 Å². The number of amides is 1. The summed E-state index contributed by atoms with van der Waals surface area (Å²) in [7, 11) is 1.60. The van der Waals surface area contributed by atoms with Gasteiger partial charge in [0, 0.05) is 7.05 Å². The molecule has 26 heavy (non-hydrogen) atoms. The van der Waals surface area contributed by atoms with Gasteiger partial charge in [-0.3, -0.25) is 9.59 Å². The number of para-hydroxylation sites is 1. The van der Waals surface area contributed by atoms with Crippen molar-refractivity contribution in [2.45, 2.75) is 19.6 Å². The Morgan fingerprint density at radius 1 is 1.23 bits per heavy atom. The highest BCUT2D eigenvalue weighted by atomic mass is 19.1. The smallest absolute Gasteiger partial charge is 0.263 e. The van der Waals surface area contributed by atoms with Gasteiger partial charge in [0.1, 0.15) is 17.4 Å². The molecule has 3 rings (SSSR count). The normalized spacial score (nSPS) is 12.0. The molecule has 7 heteroatoms. The monoisotopic (exact) mass is 355 g/mol. The van der Waals surface area contributed by atoms with Crippen LogP contribution in [0.25, 0.3) is 10.9 Å². The van der Waals surface area contributed by atoms with Crippen LogP contribution < -0.4 is 10.3 Å². The fraction of sp³-hybridized carbons (Fsp3) is 0.211. The number of aromatic nitrogens is 2. The summed E-state index contributed by atoms with van der Waals surface area (Å²) in [5.74, 6) is 0.126. The topological polar surface area (TPSA) is 75.3 Å². The van der Waals surface area contributed by atoms with Gasteiger partial charge in [-0.1, -0.05) is 12.1 Å². The zero-order chi connectivity index (χ0) is 18.7. The summed E-state index contributed by atoms with van der Waals surface area (Å²) in [6.45, 7) is 1.74. The number of nitrogens with one attached hydrogen (secondary N) is 1. The van der Waals surface area contributed by atoms with E-state index in [9.17, 15) is 14.0 Å². The Kier molecular flexibility index (Phi) is 4.97. The molecule has 6 nitrogen and oxygen atoms in total. The number of carbonyl (C=O) groups excluding carboxylic acids is 1. The number of ether oxygens (including phenoxy) is 1. The van der Waals surface area contributed by atoms with Crippen molar-refractivity contribution in [1.82, 2.24) is 14.9 Å². The zero-order valence-corrected chi connectivity index (χ0v) is 14.4. The molecule has 0 saturated heterocycles. The molecule has 0 spiro atoms. The molecule has 0 bridgehead atoms. The van der Waals surface area contributed by atoms with Gasteiger partial charge in [0.05, 0.1) is 17.4 Å². The molecule has 3 aromatic rings. The molecular weight excluding hydrogens is 337 g/mol. The van der Waals surface area contributed by atoms with E-state index in [1.54, 1.807) is 38.2 Å². The second-order valence-corrected chi connectivity index (χ2v) is 5.94. The van der Waals surface area contributed by atoms with Crippen LogP contribution in [0.4, 0.5) is 4.39 Å². The summed E-state index contributed by atoms with van der Waals surface area (Å²) in [6.07, 6.45) is -0.766. The predicted molar refractivity (Wildman–Crippen MR) is 95.3 cm³/mol. The lowest BCUT2D eigenvalue weighted by atomic mass is 10.2. The average Bonchev–Trinajstić information content (AvgIpc) is 2.63. The van der Waals surface area contributed by atoms with E-state index in [0.29, 0.717) is 22.5 Å². The highest BCUT2D eigenvalue weighted by molar-refractivity contribution is 5.81. The van der Waals surface area contributed by atoms with Crippen LogP contribution in [0.3, 0.4) is 0 Å². The predicted octanol–water partition coefficient (Wildman–Crippen LogP) is 2.49. The average molecular weight is 355 g/mol. The molecule has 134 valence electrons. The molecule has 1 amide bonds. The van der Waals surface area contributed by atoms with Gasteiger partial charge in [0.15, 0.2) is 6.10 Å². The number of fused-ring (bicyclic) bond motifs is 1. The van der Waals surface area contributed by atoms with Crippen LogP contribution in [0.15, 0.2) is 53.3 Å². The van der Waals surface area contributed by atoms with Crippen LogP contribution in [0.5, 0.6) is 5.75 Å². The molecule has 0 saturated carbocycles. The highest BCUT2D eigenvalue weighted by Crippen LogP contribution is 2.14. The molecule has 2 aromatic carbocycles. The van der Waals surface area contributed by atoms with Gasteiger partial charge in [-0.15, -0.1) is 0 Å². The van der Waals surface area contributed by atoms with E-state index < -0.39 is 6.10 Å². The van der Waals surface area contributed by atoms with Crippen molar-refractivity contribution < 1.29 is 13.9 Å². The minimum absolute atomic E-state index is 0.135. The molecule has 0 radical (unpaired) electrons. The number of hydrogen-bond donors (Lipinski definition) is 1. The Morgan fingerprint density at radius 3 is 2.65 bits per heavy atom. The maximum atomic E-state index is 12.9. The van der Waals surface area contributed by atoms with Crippen molar-refractivity contribution in [1.29, 1.82) is 0 Å². The summed E-state index contributed by atoms with van der Waals surface area (Å²) < 4.78 is 18.5. The van der Waals surface area contributed by atoms with E-state index in [-0.39, 0.29) is 23.8 Å². The zero-order valence-electron chi connectivity index (χ0n) is 14.4. The third-order valence-electron chi connectivity index (χ3n) is 3.90. The number of aromatic amines is 1. The third kappa shape index (κ3) is 3.88. The Morgan fingerprint density at radius 2 is 1.92 bits per heavy atom. The fourth-order valence-corrected chi connectivity index (χ4v) is 2.59. The molecular formula is C19H18FN3O3. The fourth-order valence-electron chi connectivity index (χ4n) is 2.59. The van der Waals surface area contributed by atoms with E-state index in [2.05, 4.69) is 9.97 Å². The minimum atomic E-state index is -0.766. The summed E-state index contributed by atoms with van der Waals surface area (Å²) in [6, 6.07) is 12.5. The van der Waals surface area contributed by atoms with Crippen LogP contribution in [0.1, 0.15) is 12.7 Å². The number of nitrogens with zero attached hydrogens (tertiary/aromatic N) is 2. The number of hydrogen-bond acceptors (Lipinski definition) is 4. The van der Waals surface area contributed by atoms with Gasteiger partial charge in [0.2, 0.25) is 0 Å². The Hall–Kier alpha value is -3.22. The van der Waals surface area contributed by atoms with Gasteiger partial charge in [0.25, 0.3) is 11.5 Å². The van der Waals surface area contributed by atoms with Crippen molar-refractivity contribution in [2.75, 3.05) is 7.05 Å². The van der Waals surface area contributed by atoms with Crippen molar-refractivity contribution in [3.05, 3.63) is 70.5 Å². The number of halogens is 1. The lowest BCUT2D eigenvalue weighted by molar-refractivity contribution is -0.137. The number of rotatable bonds is 5. The SMILES string of the molecule is CC(Oc1ccc(F)cc1)C(=O)N(C)Cc1nc2ccccc2c(=O)[nH]1. The van der Waals surface area contributed by atoms with E-state index in [4.69, 9.17) is 4.74 Å². The largest absolute Gasteiger partial charge is 0.481 e. The van der Waals surface area contributed by atoms with E-state index in [1.165, 1.54) is 29.2 Å². The summed E-state index contributed by atoms with van der Waals surface area (Å²) in [5, 5.41) is 0.498. The molecule has 1 heterocycles. The second kappa shape index (κ2) is 7.35. The molecule has 1 N–H and O–H groups in total. The van der Waals surface area contributed by atoms with Gasteiger partial charge in [-0.05, 0) is 43.3 Å². The van der Waals surface area contributed by atoms with Crippen LogP contribution in [-0.4, -0.2) is 33.9 Å². The van der Waals surface area contributed by atoms with Crippen molar-refractivity contribution >= 4 is 16.8 Å².